The fraction of sp³-hybridized carbons (Fsp3) is 0.286. The normalized spacial score (nSPS) is 16.1. The Hall–Kier alpha value is -3.75. The predicted molar refractivity (Wildman–Crippen MR) is 113 cm³/mol. The highest BCUT2D eigenvalue weighted by molar-refractivity contribution is 5.94. The molecule has 3 N–H and O–H groups in total. The quantitative estimate of drug-likeness (QED) is 0.601. The van der Waals surface area contributed by atoms with E-state index in [2.05, 4.69) is 31.2 Å². The van der Waals surface area contributed by atoms with Crippen molar-refractivity contribution in [2.75, 3.05) is 17.2 Å². The van der Waals surface area contributed by atoms with Crippen molar-refractivity contribution in [3.05, 3.63) is 53.9 Å². The largest absolute Gasteiger partial charge is 0.355 e. The Morgan fingerprint density at radius 3 is 2.47 bits per heavy atom. The molecule has 154 valence electrons. The van der Waals surface area contributed by atoms with Gasteiger partial charge in [-0.1, -0.05) is 0 Å². The molecule has 1 unspecified atom stereocenters. The molecule has 1 saturated heterocycles. The number of aryl methyl sites for hydroxylation is 2. The van der Waals surface area contributed by atoms with Crippen LogP contribution in [0.25, 0.3) is 5.82 Å². The molecule has 3 aromatic rings. The summed E-state index contributed by atoms with van der Waals surface area (Å²) in [6.07, 6.45) is 0.962. The highest BCUT2D eigenvalue weighted by Crippen LogP contribution is 2.20. The number of hydrogen-bond donors (Lipinski definition) is 3. The lowest BCUT2D eigenvalue weighted by Crippen LogP contribution is -2.40. The molecule has 4 rings (SSSR count). The molecule has 1 fully saturated rings. The highest BCUT2D eigenvalue weighted by atomic mass is 16.2. The van der Waals surface area contributed by atoms with E-state index in [-0.39, 0.29) is 17.7 Å². The Bertz CT molecular complexity index is 1050. The SMILES string of the molecule is Cc1cc(C)n(-c2ccc(Nc3ccc(NC(=O)C4CCC(=O)NC4)cc3)nn2)n1. The molecule has 1 aliphatic rings. The van der Waals surface area contributed by atoms with Crippen molar-refractivity contribution in [2.24, 2.45) is 5.92 Å². The third kappa shape index (κ3) is 4.45. The van der Waals surface area contributed by atoms with Gasteiger partial charge < -0.3 is 16.0 Å². The first-order valence-electron chi connectivity index (χ1n) is 9.80. The summed E-state index contributed by atoms with van der Waals surface area (Å²) in [6, 6.07) is 13.0. The van der Waals surface area contributed by atoms with Gasteiger partial charge in [0.15, 0.2) is 11.6 Å². The molecule has 30 heavy (non-hydrogen) atoms. The molecule has 0 bridgehead atoms. The lowest BCUT2D eigenvalue weighted by Gasteiger charge is -2.21. The van der Waals surface area contributed by atoms with E-state index < -0.39 is 0 Å². The van der Waals surface area contributed by atoms with E-state index in [0.717, 1.165) is 17.1 Å². The number of anilines is 3. The van der Waals surface area contributed by atoms with Crippen molar-refractivity contribution >= 4 is 29.0 Å². The van der Waals surface area contributed by atoms with Gasteiger partial charge in [0.25, 0.3) is 0 Å². The van der Waals surface area contributed by atoms with E-state index in [0.29, 0.717) is 36.7 Å². The van der Waals surface area contributed by atoms with Gasteiger partial charge in [-0.15, -0.1) is 10.2 Å². The molecule has 1 atom stereocenters. The molecule has 1 aromatic carbocycles. The number of amides is 2. The molecule has 2 aromatic heterocycles. The molecule has 0 saturated carbocycles. The monoisotopic (exact) mass is 405 g/mol. The second-order valence-electron chi connectivity index (χ2n) is 7.35. The maximum atomic E-state index is 12.3. The second kappa shape index (κ2) is 8.32. The smallest absolute Gasteiger partial charge is 0.229 e. The van der Waals surface area contributed by atoms with E-state index in [4.69, 9.17) is 0 Å². The van der Waals surface area contributed by atoms with Crippen LogP contribution in [0.3, 0.4) is 0 Å². The number of nitrogens with one attached hydrogen (secondary N) is 3. The van der Waals surface area contributed by atoms with E-state index in [1.807, 2.05) is 56.3 Å². The predicted octanol–water partition coefficient (Wildman–Crippen LogP) is 2.49. The maximum absolute atomic E-state index is 12.3. The minimum atomic E-state index is -0.198. The first-order chi connectivity index (χ1) is 14.5. The Kier molecular flexibility index (Phi) is 5.42. The molecule has 0 aliphatic carbocycles. The molecule has 0 radical (unpaired) electrons. The lowest BCUT2D eigenvalue weighted by atomic mass is 9.98. The fourth-order valence-electron chi connectivity index (χ4n) is 3.35. The van der Waals surface area contributed by atoms with Gasteiger partial charge in [-0.05, 0) is 62.7 Å². The van der Waals surface area contributed by atoms with Crippen molar-refractivity contribution < 1.29 is 9.59 Å². The number of aromatic nitrogens is 4. The van der Waals surface area contributed by atoms with Gasteiger partial charge in [-0.3, -0.25) is 9.59 Å². The summed E-state index contributed by atoms with van der Waals surface area (Å²) >= 11 is 0. The summed E-state index contributed by atoms with van der Waals surface area (Å²) in [5.41, 5.74) is 3.45. The van der Waals surface area contributed by atoms with Crippen LogP contribution in [0.4, 0.5) is 17.2 Å². The zero-order chi connectivity index (χ0) is 21.1. The van der Waals surface area contributed by atoms with Crippen LogP contribution < -0.4 is 16.0 Å². The van der Waals surface area contributed by atoms with Crippen LogP contribution >= 0.6 is 0 Å². The number of benzene rings is 1. The number of carbonyl (C=O) groups excluding carboxylic acids is 2. The van der Waals surface area contributed by atoms with Gasteiger partial charge in [-0.2, -0.15) is 5.10 Å². The number of nitrogens with zero attached hydrogens (tertiary/aromatic N) is 4. The van der Waals surface area contributed by atoms with Crippen LogP contribution in [-0.4, -0.2) is 38.3 Å². The standard InChI is InChI=1S/C21H23N7O2/c1-13-11-14(2)28(27-13)19-9-8-18(25-26-19)23-16-4-6-17(7-5-16)24-21(30)15-3-10-20(29)22-12-15/h4-9,11,15H,3,10,12H2,1-2H3,(H,22,29)(H,23,25)(H,24,30). The second-order valence-corrected chi connectivity index (χ2v) is 7.35. The van der Waals surface area contributed by atoms with Crippen molar-refractivity contribution in [3.63, 3.8) is 0 Å². The lowest BCUT2D eigenvalue weighted by molar-refractivity contribution is -0.126. The average molecular weight is 405 g/mol. The topological polar surface area (TPSA) is 114 Å². The number of piperidine rings is 1. The zero-order valence-electron chi connectivity index (χ0n) is 16.8. The molecule has 9 nitrogen and oxygen atoms in total. The van der Waals surface area contributed by atoms with Crippen molar-refractivity contribution in [2.45, 2.75) is 26.7 Å². The van der Waals surface area contributed by atoms with Gasteiger partial charge >= 0.3 is 0 Å². The zero-order valence-corrected chi connectivity index (χ0v) is 16.8. The summed E-state index contributed by atoms with van der Waals surface area (Å²) in [4.78, 5) is 23.5. The van der Waals surface area contributed by atoms with Crippen LogP contribution in [0.2, 0.25) is 0 Å². The third-order valence-electron chi connectivity index (χ3n) is 4.94. The summed E-state index contributed by atoms with van der Waals surface area (Å²) in [7, 11) is 0. The minimum absolute atomic E-state index is 0.000445. The van der Waals surface area contributed by atoms with Gasteiger partial charge in [0.05, 0.1) is 11.6 Å². The highest BCUT2D eigenvalue weighted by Gasteiger charge is 2.24. The number of hydrogen-bond acceptors (Lipinski definition) is 6. The maximum Gasteiger partial charge on any atom is 0.229 e. The Morgan fingerprint density at radius 1 is 1.10 bits per heavy atom. The van der Waals surface area contributed by atoms with Gasteiger partial charge in [0, 0.05) is 30.0 Å². The molecule has 9 heteroatoms. The molecular formula is C21H23N7O2. The Morgan fingerprint density at radius 2 is 1.87 bits per heavy atom. The van der Waals surface area contributed by atoms with E-state index in [1.54, 1.807) is 4.68 Å². The summed E-state index contributed by atoms with van der Waals surface area (Å²) in [5, 5.41) is 21.7. The van der Waals surface area contributed by atoms with E-state index in [1.165, 1.54) is 0 Å². The summed E-state index contributed by atoms with van der Waals surface area (Å²) in [6.45, 7) is 4.29. The minimum Gasteiger partial charge on any atom is -0.355 e. The number of rotatable bonds is 5. The fourth-order valence-corrected chi connectivity index (χ4v) is 3.35. The van der Waals surface area contributed by atoms with Crippen LogP contribution in [-0.2, 0) is 9.59 Å². The van der Waals surface area contributed by atoms with Crippen LogP contribution in [0.5, 0.6) is 0 Å². The average Bonchev–Trinajstić information content (AvgIpc) is 3.08. The van der Waals surface area contributed by atoms with Crippen molar-refractivity contribution in [1.82, 2.24) is 25.3 Å². The third-order valence-corrected chi connectivity index (χ3v) is 4.94. The van der Waals surface area contributed by atoms with Gasteiger partial charge in [-0.25, -0.2) is 4.68 Å². The molecule has 2 amide bonds. The Labute approximate surface area is 173 Å². The van der Waals surface area contributed by atoms with Gasteiger partial charge in [0.2, 0.25) is 11.8 Å². The van der Waals surface area contributed by atoms with Crippen molar-refractivity contribution in [1.29, 1.82) is 0 Å². The summed E-state index contributed by atoms with van der Waals surface area (Å²) < 4.78 is 1.75. The van der Waals surface area contributed by atoms with E-state index in [9.17, 15) is 9.59 Å². The Balaban J connectivity index is 1.36. The summed E-state index contributed by atoms with van der Waals surface area (Å²) in [5.74, 6) is 0.983. The molecule has 1 aliphatic heterocycles. The van der Waals surface area contributed by atoms with Crippen LogP contribution in [0.15, 0.2) is 42.5 Å². The molecule has 0 spiro atoms. The van der Waals surface area contributed by atoms with Crippen LogP contribution in [0.1, 0.15) is 24.2 Å². The number of carbonyl (C=O) groups is 2. The first kappa shape index (κ1) is 19.6. The first-order valence-corrected chi connectivity index (χ1v) is 9.80. The van der Waals surface area contributed by atoms with Crippen LogP contribution in [0, 0.1) is 19.8 Å². The van der Waals surface area contributed by atoms with Crippen molar-refractivity contribution in [3.8, 4) is 5.82 Å². The molecular weight excluding hydrogens is 382 g/mol. The van der Waals surface area contributed by atoms with Gasteiger partial charge in [0.1, 0.15) is 0 Å². The molecule has 3 heterocycles. The van der Waals surface area contributed by atoms with E-state index >= 15 is 0 Å².